The highest BCUT2D eigenvalue weighted by molar-refractivity contribution is 5.99. The summed E-state index contributed by atoms with van der Waals surface area (Å²) in [6, 6.07) is 12.3. The van der Waals surface area contributed by atoms with Crippen molar-refractivity contribution in [3.05, 3.63) is 53.6 Å². The number of hydrogen-bond acceptors (Lipinski definition) is 4. The van der Waals surface area contributed by atoms with E-state index < -0.39 is 6.10 Å². The van der Waals surface area contributed by atoms with Crippen molar-refractivity contribution < 1.29 is 20.1 Å². The van der Waals surface area contributed by atoms with E-state index in [1.54, 1.807) is 37.4 Å². The number of ether oxygens (including phenoxy) is 1. The average molecular weight is 322 g/mol. The third-order valence-electron chi connectivity index (χ3n) is 4.77. The smallest absolute Gasteiger partial charge is 0.127 e. The summed E-state index contributed by atoms with van der Waals surface area (Å²) >= 11 is 0. The van der Waals surface area contributed by atoms with E-state index in [2.05, 4.69) is 0 Å². The van der Waals surface area contributed by atoms with Crippen molar-refractivity contribution in [3.8, 4) is 28.4 Å². The molecule has 3 aromatic rings. The third-order valence-corrected chi connectivity index (χ3v) is 4.77. The molecule has 0 fully saturated rings. The molecule has 0 spiro atoms. The highest BCUT2D eigenvalue weighted by Gasteiger charge is 2.28. The Morgan fingerprint density at radius 3 is 2.50 bits per heavy atom. The van der Waals surface area contributed by atoms with E-state index in [-0.39, 0.29) is 11.5 Å². The van der Waals surface area contributed by atoms with Crippen molar-refractivity contribution in [1.29, 1.82) is 0 Å². The van der Waals surface area contributed by atoms with Gasteiger partial charge in [0.25, 0.3) is 0 Å². The minimum absolute atomic E-state index is 0.186. The van der Waals surface area contributed by atoms with Gasteiger partial charge in [-0.2, -0.15) is 0 Å². The van der Waals surface area contributed by atoms with Crippen molar-refractivity contribution in [2.45, 2.75) is 18.9 Å². The Morgan fingerprint density at radius 2 is 1.79 bits per heavy atom. The molecule has 122 valence electrons. The second-order valence-corrected chi connectivity index (χ2v) is 6.13. The number of hydrogen-bond donors (Lipinski definition) is 3. The molecule has 4 rings (SSSR count). The number of aliphatic hydroxyl groups excluding tert-OH is 1. The fourth-order valence-electron chi connectivity index (χ4n) is 3.66. The predicted molar refractivity (Wildman–Crippen MR) is 92.5 cm³/mol. The number of methoxy groups -OCH3 is 1. The number of phenolic OH excluding ortho intramolecular Hbond substituents is 2. The van der Waals surface area contributed by atoms with Gasteiger partial charge in [-0.15, -0.1) is 0 Å². The summed E-state index contributed by atoms with van der Waals surface area (Å²) in [4.78, 5) is 0. The highest BCUT2D eigenvalue weighted by atomic mass is 16.5. The molecular weight excluding hydrogens is 304 g/mol. The van der Waals surface area contributed by atoms with Crippen LogP contribution in [0.5, 0.6) is 17.2 Å². The average Bonchev–Trinajstić information content (AvgIpc) is 2.60. The van der Waals surface area contributed by atoms with Crippen LogP contribution in [0.1, 0.15) is 23.7 Å². The van der Waals surface area contributed by atoms with Crippen LogP contribution in [0.15, 0.2) is 42.5 Å². The molecule has 1 aliphatic carbocycles. The van der Waals surface area contributed by atoms with E-state index >= 15 is 0 Å². The molecule has 4 nitrogen and oxygen atoms in total. The van der Waals surface area contributed by atoms with Gasteiger partial charge in [-0.05, 0) is 53.4 Å². The molecule has 0 radical (unpaired) electrons. The minimum atomic E-state index is -0.624. The van der Waals surface area contributed by atoms with Crippen LogP contribution in [0.2, 0.25) is 0 Å². The summed E-state index contributed by atoms with van der Waals surface area (Å²) in [6.07, 6.45) is 0.567. The Morgan fingerprint density at radius 1 is 1.04 bits per heavy atom. The molecule has 1 unspecified atom stereocenters. The summed E-state index contributed by atoms with van der Waals surface area (Å²) in [5.74, 6) is 1.12. The van der Waals surface area contributed by atoms with E-state index in [1.807, 2.05) is 12.1 Å². The van der Waals surface area contributed by atoms with E-state index in [0.717, 1.165) is 33.0 Å². The largest absolute Gasteiger partial charge is 0.508 e. The van der Waals surface area contributed by atoms with Gasteiger partial charge in [0.1, 0.15) is 17.2 Å². The zero-order valence-electron chi connectivity index (χ0n) is 13.3. The van der Waals surface area contributed by atoms with Gasteiger partial charge in [-0.25, -0.2) is 0 Å². The molecule has 0 amide bonds. The zero-order chi connectivity index (χ0) is 16.8. The van der Waals surface area contributed by atoms with Gasteiger partial charge in [0.15, 0.2) is 0 Å². The molecule has 0 aromatic heterocycles. The normalized spacial score (nSPS) is 16.3. The molecule has 1 aliphatic rings. The number of aliphatic hydroxyl groups is 1. The van der Waals surface area contributed by atoms with Crippen molar-refractivity contribution in [2.75, 3.05) is 7.11 Å². The van der Waals surface area contributed by atoms with Gasteiger partial charge in [0.2, 0.25) is 0 Å². The standard InChI is InChI=1S/C20H18O4/c1-24-17-10-12-4-8-15(22)14-7-9-16(23)20(18(12)14)19(17)11-2-5-13(21)6-3-11/h2-6,8,10,16,21-23H,7,9H2,1H3. The summed E-state index contributed by atoms with van der Waals surface area (Å²) in [7, 11) is 1.61. The first-order valence-electron chi connectivity index (χ1n) is 7.93. The Bertz CT molecular complexity index is 929. The van der Waals surface area contributed by atoms with Crippen molar-refractivity contribution in [3.63, 3.8) is 0 Å². The molecule has 0 aliphatic heterocycles. The lowest BCUT2D eigenvalue weighted by Crippen LogP contribution is -2.11. The quantitative estimate of drug-likeness (QED) is 0.669. The minimum Gasteiger partial charge on any atom is -0.508 e. The second kappa shape index (κ2) is 5.42. The van der Waals surface area contributed by atoms with Crippen molar-refractivity contribution >= 4 is 10.8 Å². The van der Waals surface area contributed by atoms with Gasteiger partial charge >= 0.3 is 0 Å². The number of aryl methyl sites for hydroxylation is 1. The summed E-state index contributed by atoms with van der Waals surface area (Å²) in [6.45, 7) is 0. The van der Waals surface area contributed by atoms with E-state index in [0.29, 0.717) is 18.6 Å². The SMILES string of the molecule is COc1cc2ccc(O)c3c2c(c1-c1ccc(O)cc1)C(O)CC3. The first-order valence-corrected chi connectivity index (χ1v) is 7.93. The van der Waals surface area contributed by atoms with Crippen LogP contribution in [0.3, 0.4) is 0 Å². The van der Waals surface area contributed by atoms with Crippen molar-refractivity contribution in [1.82, 2.24) is 0 Å². The molecule has 0 heterocycles. The van der Waals surface area contributed by atoms with E-state index in [9.17, 15) is 15.3 Å². The number of benzene rings is 3. The summed E-state index contributed by atoms with van der Waals surface area (Å²) in [5.41, 5.74) is 3.32. The highest BCUT2D eigenvalue weighted by Crippen LogP contribution is 2.48. The Hall–Kier alpha value is -2.72. The van der Waals surface area contributed by atoms with Crippen LogP contribution >= 0.6 is 0 Å². The third kappa shape index (κ3) is 2.11. The van der Waals surface area contributed by atoms with E-state index in [4.69, 9.17) is 4.74 Å². The first-order chi connectivity index (χ1) is 11.6. The predicted octanol–water partition coefficient (Wildman–Crippen LogP) is 3.91. The molecule has 3 aromatic carbocycles. The fraction of sp³-hybridized carbons (Fsp3) is 0.200. The lowest BCUT2D eigenvalue weighted by Gasteiger charge is -2.27. The van der Waals surface area contributed by atoms with Crippen LogP contribution in [0, 0.1) is 0 Å². The molecule has 1 atom stereocenters. The number of rotatable bonds is 2. The van der Waals surface area contributed by atoms with Gasteiger partial charge in [0, 0.05) is 16.7 Å². The van der Waals surface area contributed by atoms with Crippen LogP contribution in [-0.2, 0) is 6.42 Å². The zero-order valence-corrected chi connectivity index (χ0v) is 13.3. The summed E-state index contributed by atoms with van der Waals surface area (Å²) < 4.78 is 5.59. The topological polar surface area (TPSA) is 69.9 Å². The maximum atomic E-state index is 10.7. The van der Waals surface area contributed by atoms with Crippen LogP contribution in [-0.4, -0.2) is 22.4 Å². The van der Waals surface area contributed by atoms with Gasteiger partial charge in [-0.1, -0.05) is 18.2 Å². The lowest BCUT2D eigenvalue weighted by atomic mass is 9.81. The van der Waals surface area contributed by atoms with Gasteiger partial charge < -0.3 is 20.1 Å². The summed E-state index contributed by atoms with van der Waals surface area (Å²) in [5, 5.41) is 32.3. The molecular formula is C20H18O4. The molecule has 3 N–H and O–H groups in total. The first kappa shape index (κ1) is 14.8. The maximum absolute atomic E-state index is 10.7. The molecule has 0 saturated carbocycles. The molecule has 4 heteroatoms. The molecule has 24 heavy (non-hydrogen) atoms. The van der Waals surface area contributed by atoms with E-state index in [1.165, 1.54) is 0 Å². The lowest BCUT2D eigenvalue weighted by molar-refractivity contribution is 0.166. The van der Waals surface area contributed by atoms with Gasteiger partial charge in [0.05, 0.1) is 13.2 Å². The van der Waals surface area contributed by atoms with Crippen LogP contribution in [0.4, 0.5) is 0 Å². The Balaban J connectivity index is 2.14. The Labute approximate surface area is 139 Å². The fourth-order valence-corrected chi connectivity index (χ4v) is 3.66. The Kier molecular flexibility index (Phi) is 3.36. The number of aromatic hydroxyl groups is 2. The van der Waals surface area contributed by atoms with Gasteiger partial charge in [-0.3, -0.25) is 0 Å². The van der Waals surface area contributed by atoms with Crippen LogP contribution in [0.25, 0.3) is 21.9 Å². The van der Waals surface area contributed by atoms with Crippen molar-refractivity contribution in [2.24, 2.45) is 0 Å². The maximum Gasteiger partial charge on any atom is 0.127 e. The molecule has 0 bridgehead atoms. The molecule has 0 saturated heterocycles. The second-order valence-electron chi connectivity index (χ2n) is 6.13. The van der Waals surface area contributed by atoms with Crippen LogP contribution < -0.4 is 4.74 Å². The monoisotopic (exact) mass is 322 g/mol. The number of phenols is 2.